The number of hydrogen-bond donors (Lipinski definition) is 3. The summed E-state index contributed by atoms with van der Waals surface area (Å²) in [7, 11) is 1.67. The normalized spacial score (nSPS) is 28.6. The van der Waals surface area contributed by atoms with Crippen LogP contribution in [0, 0.1) is 0 Å². The molecule has 2 saturated heterocycles. The lowest BCUT2D eigenvalue weighted by molar-refractivity contribution is -0.0699. The molecule has 2 aliphatic rings. The molecule has 0 aromatic heterocycles. The van der Waals surface area contributed by atoms with Gasteiger partial charge in [0.15, 0.2) is 0 Å². The summed E-state index contributed by atoms with van der Waals surface area (Å²) in [6, 6.07) is 13.9. The van der Waals surface area contributed by atoms with E-state index < -0.39 is 0 Å². The summed E-state index contributed by atoms with van der Waals surface area (Å²) in [6.07, 6.45) is 0.492. The van der Waals surface area contributed by atoms with Crippen LogP contribution in [0.25, 0.3) is 0 Å². The molecule has 7 nitrogen and oxygen atoms in total. The third-order valence-corrected chi connectivity index (χ3v) is 6.37. The number of morpholine rings is 1. The first-order chi connectivity index (χ1) is 15.4. The van der Waals surface area contributed by atoms with Crippen molar-refractivity contribution >= 4 is 0 Å². The molecule has 0 radical (unpaired) electrons. The predicted octanol–water partition coefficient (Wildman–Crippen LogP) is 3.21. The highest BCUT2D eigenvalue weighted by Crippen LogP contribution is 2.41. The van der Waals surface area contributed by atoms with E-state index in [1.807, 2.05) is 24.3 Å². The Morgan fingerprint density at radius 1 is 1.00 bits per heavy atom. The number of nitrogens with zero attached hydrogens (tertiary/aromatic N) is 1. The van der Waals surface area contributed by atoms with Crippen LogP contribution in [0.1, 0.15) is 43.9 Å². The summed E-state index contributed by atoms with van der Waals surface area (Å²) >= 11 is 0. The fraction of sp³-hybridized carbons (Fsp3) is 0.520. The van der Waals surface area contributed by atoms with Gasteiger partial charge in [0.1, 0.15) is 23.9 Å². The zero-order valence-electron chi connectivity index (χ0n) is 19.4. The zero-order valence-corrected chi connectivity index (χ0v) is 19.4. The molecule has 2 aliphatic heterocycles. The maximum atomic E-state index is 10.8. The third kappa shape index (κ3) is 5.18. The Kier molecular flexibility index (Phi) is 7.20. The van der Waals surface area contributed by atoms with Crippen molar-refractivity contribution in [1.29, 1.82) is 0 Å². The molecule has 0 bridgehead atoms. The first-order valence-corrected chi connectivity index (χ1v) is 11.4. The molecule has 5 atom stereocenters. The second kappa shape index (κ2) is 10.1. The molecule has 174 valence electrons. The monoisotopic (exact) mass is 441 g/mol. The van der Waals surface area contributed by atoms with Crippen LogP contribution >= 0.6 is 0 Å². The van der Waals surface area contributed by atoms with E-state index in [1.54, 1.807) is 13.2 Å². The van der Waals surface area contributed by atoms with E-state index >= 15 is 0 Å². The smallest absolute Gasteiger partial charge is 0.124 e. The summed E-state index contributed by atoms with van der Waals surface area (Å²) in [4.78, 5) is 2.36. The van der Waals surface area contributed by atoms with Crippen molar-refractivity contribution in [3.63, 3.8) is 0 Å². The number of hydrogen-bond acceptors (Lipinski definition) is 7. The minimum Gasteiger partial charge on any atom is -0.507 e. The summed E-state index contributed by atoms with van der Waals surface area (Å²) < 4.78 is 17.0. The minimum atomic E-state index is -0.0521. The Morgan fingerprint density at radius 2 is 1.69 bits per heavy atom. The van der Waals surface area contributed by atoms with E-state index in [-0.39, 0.29) is 36.0 Å². The number of ether oxygens (including phenoxy) is 3. The predicted molar refractivity (Wildman–Crippen MR) is 124 cm³/mol. The SMILES string of the molecule is COc1ccc(C2C(C)NNC2c2ccc(OCCN3CC(C)OC(C)C3)cc2O)cc1. The van der Waals surface area contributed by atoms with Gasteiger partial charge in [-0.25, -0.2) is 5.43 Å². The number of phenolic OH excluding ortho intramolecular Hbond substituents is 1. The molecule has 4 rings (SSSR count). The number of nitrogens with one attached hydrogen (secondary N) is 2. The van der Waals surface area contributed by atoms with Gasteiger partial charge in [-0.3, -0.25) is 10.3 Å². The highest BCUT2D eigenvalue weighted by molar-refractivity contribution is 5.44. The van der Waals surface area contributed by atoms with Crippen LogP contribution in [0.5, 0.6) is 17.2 Å². The second-order valence-electron chi connectivity index (χ2n) is 8.94. The van der Waals surface area contributed by atoms with Gasteiger partial charge < -0.3 is 19.3 Å². The number of rotatable bonds is 7. The van der Waals surface area contributed by atoms with Crippen molar-refractivity contribution < 1.29 is 19.3 Å². The molecule has 32 heavy (non-hydrogen) atoms. The summed E-state index contributed by atoms with van der Waals surface area (Å²) in [5.74, 6) is 1.93. The van der Waals surface area contributed by atoms with E-state index in [0.717, 1.165) is 30.9 Å². The molecule has 0 amide bonds. The highest BCUT2D eigenvalue weighted by Gasteiger charge is 2.36. The van der Waals surface area contributed by atoms with Crippen LogP contribution in [-0.4, -0.2) is 61.6 Å². The van der Waals surface area contributed by atoms with Gasteiger partial charge in [-0.15, -0.1) is 0 Å². The second-order valence-corrected chi connectivity index (χ2v) is 8.94. The van der Waals surface area contributed by atoms with Crippen molar-refractivity contribution in [2.24, 2.45) is 0 Å². The maximum absolute atomic E-state index is 10.8. The average Bonchev–Trinajstić information content (AvgIpc) is 3.14. The Bertz CT molecular complexity index is 881. The van der Waals surface area contributed by atoms with Gasteiger partial charge in [0.05, 0.1) is 25.4 Å². The summed E-state index contributed by atoms with van der Waals surface area (Å²) in [5, 5.41) is 10.8. The Balaban J connectivity index is 1.40. The fourth-order valence-electron chi connectivity index (χ4n) is 4.90. The van der Waals surface area contributed by atoms with Crippen LogP contribution in [0.15, 0.2) is 42.5 Å². The van der Waals surface area contributed by atoms with Gasteiger partial charge in [0.25, 0.3) is 0 Å². The lowest BCUT2D eigenvalue weighted by atomic mass is 9.84. The quantitative estimate of drug-likeness (QED) is 0.609. The standard InChI is InChI=1S/C25H35N3O4/c1-16-14-28(15-17(2)32-16)11-12-31-21-9-10-22(23(29)13-21)25-24(18(3)26-27-25)19-5-7-20(30-4)8-6-19/h5-10,13,16-18,24-27,29H,11-12,14-15H2,1-4H3. The van der Waals surface area contributed by atoms with Crippen LogP contribution in [0.2, 0.25) is 0 Å². The lowest BCUT2D eigenvalue weighted by Gasteiger charge is -2.35. The third-order valence-electron chi connectivity index (χ3n) is 6.37. The summed E-state index contributed by atoms with van der Waals surface area (Å²) in [6.45, 7) is 9.60. The van der Waals surface area contributed by atoms with E-state index in [9.17, 15) is 5.11 Å². The van der Waals surface area contributed by atoms with Crippen molar-refractivity contribution in [2.75, 3.05) is 33.4 Å². The first-order valence-electron chi connectivity index (χ1n) is 11.4. The lowest BCUT2D eigenvalue weighted by Crippen LogP contribution is -2.46. The van der Waals surface area contributed by atoms with Crippen LogP contribution in [-0.2, 0) is 4.74 Å². The largest absolute Gasteiger partial charge is 0.507 e. The van der Waals surface area contributed by atoms with Gasteiger partial charge in [0.2, 0.25) is 0 Å². The average molecular weight is 442 g/mol. The molecule has 3 N–H and O–H groups in total. The fourth-order valence-corrected chi connectivity index (χ4v) is 4.90. The summed E-state index contributed by atoms with van der Waals surface area (Å²) in [5.41, 5.74) is 8.72. The molecule has 5 unspecified atom stereocenters. The Labute approximate surface area is 190 Å². The Hall–Kier alpha value is -2.32. The van der Waals surface area contributed by atoms with Gasteiger partial charge in [-0.2, -0.15) is 0 Å². The molecule has 7 heteroatoms. The van der Waals surface area contributed by atoms with E-state index in [1.165, 1.54) is 5.56 Å². The van der Waals surface area contributed by atoms with E-state index in [0.29, 0.717) is 12.4 Å². The molecule has 2 aromatic rings. The number of benzene rings is 2. The molecule has 2 fully saturated rings. The minimum absolute atomic E-state index is 0.0521. The van der Waals surface area contributed by atoms with Crippen molar-refractivity contribution in [3.05, 3.63) is 53.6 Å². The van der Waals surface area contributed by atoms with Crippen LogP contribution in [0.3, 0.4) is 0 Å². The van der Waals surface area contributed by atoms with E-state index in [4.69, 9.17) is 14.2 Å². The molecule has 0 aliphatic carbocycles. The number of aromatic hydroxyl groups is 1. The Morgan fingerprint density at radius 3 is 2.34 bits per heavy atom. The zero-order chi connectivity index (χ0) is 22.7. The van der Waals surface area contributed by atoms with Gasteiger partial charge >= 0.3 is 0 Å². The number of phenols is 1. The van der Waals surface area contributed by atoms with Crippen molar-refractivity contribution in [2.45, 2.75) is 51.0 Å². The molecule has 2 aromatic carbocycles. The molecule has 0 saturated carbocycles. The molecular formula is C25H35N3O4. The maximum Gasteiger partial charge on any atom is 0.124 e. The molecule has 2 heterocycles. The highest BCUT2D eigenvalue weighted by atomic mass is 16.5. The number of methoxy groups -OCH3 is 1. The topological polar surface area (TPSA) is 75.2 Å². The molecule has 0 spiro atoms. The number of hydrazine groups is 1. The van der Waals surface area contributed by atoms with Crippen LogP contribution < -0.4 is 20.3 Å². The van der Waals surface area contributed by atoms with E-state index in [2.05, 4.69) is 48.7 Å². The van der Waals surface area contributed by atoms with Gasteiger partial charge in [-0.1, -0.05) is 18.2 Å². The van der Waals surface area contributed by atoms with Crippen molar-refractivity contribution in [1.82, 2.24) is 15.8 Å². The van der Waals surface area contributed by atoms with Gasteiger partial charge in [0, 0.05) is 43.2 Å². The first kappa shape index (κ1) is 22.9. The van der Waals surface area contributed by atoms with Gasteiger partial charge in [-0.05, 0) is 44.5 Å². The van der Waals surface area contributed by atoms with Crippen molar-refractivity contribution in [3.8, 4) is 17.2 Å². The molecular weight excluding hydrogens is 406 g/mol. The van der Waals surface area contributed by atoms with Crippen LogP contribution in [0.4, 0.5) is 0 Å².